The summed E-state index contributed by atoms with van der Waals surface area (Å²) in [6.45, 7) is 2.56. The van der Waals surface area contributed by atoms with Crippen LogP contribution in [0.1, 0.15) is 80.1 Å². The number of nitrogens with zero attached hydrogens (tertiary/aromatic N) is 1. The van der Waals surface area contributed by atoms with Crippen LogP contribution in [-0.2, 0) is 22.6 Å². The fourth-order valence-corrected chi connectivity index (χ4v) is 9.61. The third-order valence-electron chi connectivity index (χ3n) is 10.4. The summed E-state index contributed by atoms with van der Waals surface area (Å²) in [5.41, 5.74) is 3.77. The van der Waals surface area contributed by atoms with Crippen molar-refractivity contribution in [2.75, 3.05) is 5.75 Å². The number of rotatable bonds is 9. The Balaban J connectivity index is 1.01. The van der Waals surface area contributed by atoms with Gasteiger partial charge in [0.15, 0.2) is 12.5 Å². The molecule has 8 nitrogen and oxygen atoms in total. The lowest BCUT2D eigenvalue weighted by Gasteiger charge is -2.56. The van der Waals surface area contributed by atoms with Gasteiger partial charge in [-0.25, -0.2) is 4.79 Å². The van der Waals surface area contributed by atoms with E-state index in [1.165, 1.54) is 37.2 Å². The fourth-order valence-electron chi connectivity index (χ4n) is 8.53. The van der Waals surface area contributed by atoms with E-state index >= 15 is 0 Å². The molecule has 4 saturated carbocycles. The van der Waals surface area contributed by atoms with Gasteiger partial charge >= 0.3 is 6.03 Å². The number of hydrogen-bond donors (Lipinski definition) is 3. The third-order valence-corrected chi connectivity index (χ3v) is 11.5. The number of hydrogen-bond acceptors (Lipinski definition) is 6. The van der Waals surface area contributed by atoms with Crippen LogP contribution in [0.15, 0.2) is 78.0 Å². The van der Waals surface area contributed by atoms with Gasteiger partial charge in [0.25, 0.3) is 5.03 Å². The molecular formula is C36H43N3O5S. The Kier molecular flexibility index (Phi) is 8.79. The minimum Gasteiger partial charge on any atom is -0.618 e. The van der Waals surface area contributed by atoms with E-state index < -0.39 is 6.29 Å². The first-order valence-corrected chi connectivity index (χ1v) is 17.3. The molecule has 0 spiro atoms. The average Bonchev–Trinajstić information content (AvgIpc) is 3.03. The lowest BCUT2D eigenvalue weighted by atomic mass is 9.53. The highest BCUT2D eigenvalue weighted by atomic mass is 32.2. The Hall–Kier alpha value is -3.11. The summed E-state index contributed by atoms with van der Waals surface area (Å²) in [6.07, 6.45) is 7.97. The monoisotopic (exact) mass is 629 g/mol. The largest absolute Gasteiger partial charge is 0.618 e. The number of amides is 2. The Morgan fingerprint density at radius 3 is 2.22 bits per heavy atom. The highest BCUT2D eigenvalue weighted by Crippen LogP contribution is 2.55. The van der Waals surface area contributed by atoms with Crippen LogP contribution < -0.4 is 15.4 Å². The van der Waals surface area contributed by atoms with Crippen molar-refractivity contribution in [3.8, 4) is 0 Å². The zero-order chi connectivity index (χ0) is 31.0. The summed E-state index contributed by atoms with van der Waals surface area (Å²) in [6, 6.07) is 21.2. The van der Waals surface area contributed by atoms with Crippen LogP contribution in [0.3, 0.4) is 0 Å². The molecule has 2 heterocycles. The van der Waals surface area contributed by atoms with Crippen molar-refractivity contribution in [3.05, 3.63) is 100 Å². The topological polar surface area (TPSA) is 107 Å². The average molecular weight is 630 g/mol. The second-order valence-electron chi connectivity index (χ2n) is 13.7. The number of aliphatic hydroxyl groups is 1. The predicted molar refractivity (Wildman–Crippen MR) is 172 cm³/mol. The summed E-state index contributed by atoms with van der Waals surface area (Å²) >= 11 is 1.48. The van der Waals surface area contributed by atoms with E-state index in [0.29, 0.717) is 17.3 Å². The minimum atomic E-state index is -0.592. The van der Waals surface area contributed by atoms with E-state index in [2.05, 4.69) is 17.6 Å². The van der Waals surface area contributed by atoms with Crippen LogP contribution >= 0.6 is 11.8 Å². The number of pyridine rings is 1. The maximum atomic E-state index is 13.0. The lowest BCUT2D eigenvalue weighted by molar-refractivity contribution is -0.645. The van der Waals surface area contributed by atoms with Gasteiger partial charge in [0, 0.05) is 41.5 Å². The van der Waals surface area contributed by atoms with Gasteiger partial charge in [-0.3, -0.25) is 0 Å². The maximum absolute atomic E-state index is 13.0. The highest BCUT2D eigenvalue weighted by molar-refractivity contribution is 7.99. The molecule has 4 aliphatic carbocycles. The normalized spacial score (nSPS) is 31.9. The number of carbonyl (C=O) groups excluding carboxylic acids is 1. The van der Waals surface area contributed by atoms with Crippen molar-refractivity contribution in [1.82, 2.24) is 10.6 Å². The first kappa shape index (κ1) is 30.5. The number of nitrogens with one attached hydrogen (secondary N) is 2. The van der Waals surface area contributed by atoms with Crippen LogP contribution in [0.25, 0.3) is 0 Å². The number of benzene rings is 2. The molecule has 1 saturated heterocycles. The zero-order valence-electron chi connectivity index (χ0n) is 25.8. The highest BCUT2D eigenvalue weighted by Gasteiger charge is 2.51. The Bertz CT molecular complexity index is 1450. The van der Waals surface area contributed by atoms with Crippen LogP contribution in [-0.4, -0.2) is 28.5 Å². The molecule has 2 amide bonds. The molecule has 4 bridgehead atoms. The molecule has 9 heteroatoms. The summed E-state index contributed by atoms with van der Waals surface area (Å²) < 4.78 is 14.0. The quantitative estimate of drug-likeness (QED) is 0.149. The van der Waals surface area contributed by atoms with Crippen molar-refractivity contribution in [2.24, 2.45) is 23.7 Å². The molecule has 0 unspecified atom stereocenters. The summed E-state index contributed by atoms with van der Waals surface area (Å²) in [5.74, 6) is 2.98. The van der Waals surface area contributed by atoms with Gasteiger partial charge in [-0.1, -0.05) is 67.2 Å². The van der Waals surface area contributed by atoms with Crippen LogP contribution in [0.4, 0.5) is 4.79 Å². The third kappa shape index (κ3) is 6.73. The van der Waals surface area contributed by atoms with E-state index in [1.54, 1.807) is 6.07 Å². The first-order valence-electron chi connectivity index (χ1n) is 16.3. The van der Waals surface area contributed by atoms with Gasteiger partial charge in [0.1, 0.15) is 0 Å². The Morgan fingerprint density at radius 1 is 0.933 bits per heavy atom. The van der Waals surface area contributed by atoms with Crippen LogP contribution in [0, 0.1) is 28.9 Å². The molecular weight excluding hydrogens is 586 g/mol. The molecule has 4 atom stereocenters. The van der Waals surface area contributed by atoms with Gasteiger partial charge in [-0.15, -0.1) is 0 Å². The van der Waals surface area contributed by atoms with Gasteiger partial charge in [-0.2, -0.15) is 4.73 Å². The molecule has 5 aliphatic rings. The molecule has 45 heavy (non-hydrogen) atoms. The molecule has 5 fully saturated rings. The van der Waals surface area contributed by atoms with Gasteiger partial charge in [0.05, 0.1) is 18.8 Å². The van der Waals surface area contributed by atoms with Gasteiger partial charge < -0.3 is 30.4 Å². The molecule has 0 radical (unpaired) electrons. The predicted octanol–water partition coefficient (Wildman–Crippen LogP) is 6.16. The maximum Gasteiger partial charge on any atom is 0.315 e. The number of aliphatic hydroxyl groups excluding tert-OH is 1. The minimum absolute atomic E-state index is 0.00622. The van der Waals surface area contributed by atoms with E-state index in [0.717, 1.165) is 64.0 Å². The molecule has 3 aromatic rings. The van der Waals surface area contributed by atoms with E-state index in [4.69, 9.17) is 9.47 Å². The molecule has 3 N–H and O–H groups in total. The molecule has 238 valence electrons. The Morgan fingerprint density at radius 2 is 1.58 bits per heavy atom. The summed E-state index contributed by atoms with van der Waals surface area (Å²) in [5, 5.41) is 28.9. The smallest absolute Gasteiger partial charge is 0.315 e. The molecule has 1 aliphatic heterocycles. The molecule has 1 aromatic heterocycles. The van der Waals surface area contributed by atoms with Crippen LogP contribution in [0.2, 0.25) is 0 Å². The van der Waals surface area contributed by atoms with Crippen molar-refractivity contribution in [2.45, 2.75) is 87.7 Å². The van der Waals surface area contributed by atoms with Crippen molar-refractivity contribution < 1.29 is 24.1 Å². The Labute approximate surface area is 269 Å². The van der Waals surface area contributed by atoms with Gasteiger partial charge in [-0.05, 0) is 79.0 Å². The van der Waals surface area contributed by atoms with Crippen LogP contribution in [0.5, 0.6) is 0 Å². The number of thioether (sulfide) groups is 1. The lowest BCUT2D eigenvalue weighted by Crippen LogP contribution is -2.61. The number of urea groups is 1. The standard InChI is InChI=1S/C36H43N3O5S/c1-23-31(22-45-32-4-2-3-13-39(32)42)43-34(44-33(23)29-9-7-25(21-40)8-10-29)30-11-5-24(6-12-30)20-37-35(41)38-36-17-26-14-27(18-36)16-28(15-26)19-36/h2-13,23,26-28,31,33-34,40H,14-22H2,1H3,(H2,37,38,41)/t23-,26?,27?,28?,31+,33+,34+,36?/m1/s1. The van der Waals surface area contributed by atoms with Crippen molar-refractivity contribution in [3.63, 3.8) is 0 Å². The second kappa shape index (κ2) is 12.9. The summed E-state index contributed by atoms with van der Waals surface area (Å²) in [7, 11) is 0. The van der Waals surface area contributed by atoms with E-state index in [9.17, 15) is 15.1 Å². The van der Waals surface area contributed by atoms with Gasteiger partial charge in [0.2, 0.25) is 0 Å². The number of aromatic nitrogens is 1. The molecule has 8 rings (SSSR count). The van der Waals surface area contributed by atoms with E-state index in [1.807, 2.05) is 60.7 Å². The fraction of sp³-hybridized carbons (Fsp3) is 0.500. The molecule has 2 aromatic carbocycles. The zero-order valence-corrected chi connectivity index (χ0v) is 26.6. The summed E-state index contributed by atoms with van der Waals surface area (Å²) in [4.78, 5) is 13.0. The second-order valence-corrected chi connectivity index (χ2v) is 14.8. The number of carbonyl (C=O) groups is 1. The first-order chi connectivity index (χ1) is 21.9. The van der Waals surface area contributed by atoms with E-state index in [-0.39, 0.29) is 36.3 Å². The number of ether oxygens (including phenoxy) is 2. The van der Waals surface area contributed by atoms with Crippen molar-refractivity contribution in [1.29, 1.82) is 0 Å². The van der Waals surface area contributed by atoms with Crippen molar-refractivity contribution >= 4 is 17.8 Å². The SMILES string of the molecule is C[C@@H]1[C@H](CSc2cccc[n+]2[O-])O[C@H](c2ccc(CNC(=O)NC34CC5CC(CC(C5)C3)C4)cc2)O[C@@H]1c1ccc(CO)cc1.